The molecule has 102 valence electrons. The summed E-state index contributed by atoms with van der Waals surface area (Å²) in [5.74, 6) is -0.131. The second-order valence-corrected chi connectivity index (χ2v) is 4.67. The Morgan fingerprint density at radius 1 is 1.28 bits per heavy atom. The van der Waals surface area contributed by atoms with E-state index in [1.807, 2.05) is 12.1 Å². The smallest absolute Gasteiger partial charge is 0.146 e. The number of para-hydroxylation sites is 1. The SMILES string of the molecule is CCCNC(C)CCN(CC)c1ccccc1F. The molecule has 18 heavy (non-hydrogen) atoms. The maximum Gasteiger partial charge on any atom is 0.146 e. The molecule has 0 aliphatic heterocycles. The second-order valence-electron chi connectivity index (χ2n) is 4.67. The van der Waals surface area contributed by atoms with Crippen LogP contribution in [0.5, 0.6) is 0 Å². The van der Waals surface area contributed by atoms with Crippen LogP contribution >= 0.6 is 0 Å². The van der Waals surface area contributed by atoms with E-state index < -0.39 is 0 Å². The molecular formula is C15H25FN2. The van der Waals surface area contributed by atoms with E-state index in [0.717, 1.165) is 32.5 Å². The molecule has 3 heteroatoms. The van der Waals surface area contributed by atoms with Crippen LogP contribution in [0, 0.1) is 5.82 Å². The molecule has 0 radical (unpaired) electrons. The number of hydrogen-bond donors (Lipinski definition) is 1. The van der Waals surface area contributed by atoms with Crippen LogP contribution in [-0.2, 0) is 0 Å². The van der Waals surface area contributed by atoms with Gasteiger partial charge in [0.05, 0.1) is 5.69 Å². The second kappa shape index (κ2) is 8.09. The van der Waals surface area contributed by atoms with Crippen LogP contribution in [-0.4, -0.2) is 25.7 Å². The molecule has 0 fully saturated rings. The molecule has 1 aromatic rings. The maximum atomic E-state index is 13.7. The summed E-state index contributed by atoms with van der Waals surface area (Å²) in [5, 5.41) is 3.46. The summed E-state index contributed by atoms with van der Waals surface area (Å²) >= 11 is 0. The van der Waals surface area contributed by atoms with E-state index in [1.165, 1.54) is 6.07 Å². The van der Waals surface area contributed by atoms with Crippen molar-refractivity contribution in [3.63, 3.8) is 0 Å². The zero-order valence-electron chi connectivity index (χ0n) is 11.7. The summed E-state index contributed by atoms with van der Waals surface area (Å²) in [6.45, 7) is 9.18. The Balaban J connectivity index is 2.50. The number of hydrogen-bond acceptors (Lipinski definition) is 2. The lowest BCUT2D eigenvalue weighted by molar-refractivity contribution is 0.508. The zero-order valence-corrected chi connectivity index (χ0v) is 11.7. The first-order valence-electron chi connectivity index (χ1n) is 6.91. The van der Waals surface area contributed by atoms with Crippen molar-refractivity contribution in [3.8, 4) is 0 Å². The van der Waals surface area contributed by atoms with E-state index in [2.05, 4.69) is 31.0 Å². The third-order valence-electron chi connectivity index (χ3n) is 3.15. The van der Waals surface area contributed by atoms with Crippen molar-refractivity contribution in [2.45, 2.75) is 39.7 Å². The normalized spacial score (nSPS) is 12.4. The molecular weight excluding hydrogens is 227 g/mol. The topological polar surface area (TPSA) is 15.3 Å². The van der Waals surface area contributed by atoms with Gasteiger partial charge >= 0.3 is 0 Å². The number of nitrogens with one attached hydrogen (secondary N) is 1. The molecule has 0 spiro atoms. The van der Waals surface area contributed by atoms with Crippen molar-refractivity contribution in [3.05, 3.63) is 30.1 Å². The van der Waals surface area contributed by atoms with Crippen molar-refractivity contribution in [2.75, 3.05) is 24.5 Å². The van der Waals surface area contributed by atoms with Crippen LogP contribution in [0.3, 0.4) is 0 Å². The predicted octanol–water partition coefficient (Wildman–Crippen LogP) is 3.43. The predicted molar refractivity (Wildman–Crippen MR) is 76.7 cm³/mol. The standard InChI is InChI=1S/C15H25FN2/c1-4-11-17-13(3)10-12-18(5-2)15-9-7-6-8-14(15)16/h6-9,13,17H,4-5,10-12H2,1-3H3. The lowest BCUT2D eigenvalue weighted by Gasteiger charge is -2.25. The number of benzene rings is 1. The van der Waals surface area contributed by atoms with Crippen molar-refractivity contribution in [1.82, 2.24) is 5.32 Å². The molecule has 0 amide bonds. The third kappa shape index (κ3) is 4.65. The van der Waals surface area contributed by atoms with Gasteiger partial charge in [-0.15, -0.1) is 0 Å². The Morgan fingerprint density at radius 3 is 2.61 bits per heavy atom. The molecule has 2 nitrogen and oxygen atoms in total. The molecule has 1 aromatic carbocycles. The minimum Gasteiger partial charge on any atom is -0.369 e. The molecule has 1 rings (SSSR count). The summed E-state index contributed by atoms with van der Waals surface area (Å²) in [7, 11) is 0. The van der Waals surface area contributed by atoms with Gasteiger partial charge in [0.1, 0.15) is 5.82 Å². The average molecular weight is 252 g/mol. The molecule has 1 N–H and O–H groups in total. The van der Waals surface area contributed by atoms with E-state index in [-0.39, 0.29) is 5.82 Å². The molecule has 0 aliphatic rings. The molecule has 1 unspecified atom stereocenters. The molecule has 0 aliphatic carbocycles. The van der Waals surface area contributed by atoms with Crippen LogP contribution < -0.4 is 10.2 Å². The summed E-state index contributed by atoms with van der Waals surface area (Å²) in [5.41, 5.74) is 0.711. The number of nitrogens with zero attached hydrogens (tertiary/aromatic N) is 1. The molecule has 0 bridgehead atoms. The van der Waals surface area contributed by atoms with E-state index >= 15 is 0 Å². The third-order valence-corrected chi connectivity index (χ3v) is 3.15. The fraction of sp³-hybridized carbons (Fsp3) is 0.600. The van der Waals surface area contributed by atoms with Gasteiger partial charge in [0.15, 0.2) is 0 Å². The lowest BCUT2D eigenvalue weighted by Crippen LogP contribution is -2.33. The van der Waals surface area contributed by atoms with Crippen LogP contribution in [0.2, 0.25) is 0 Å². The molecule has 0 saturated carbocycles. The van der Waals surface area contributed by atoms with E-state index in [1.54, 1.807) is 6.07 Å². The van der Waals surface area contributed by atoms with Gasteiger partial charge in [0.25, 0.3) is 0 Å². The molecule has 1 atom stereocenters. The number of anilines is 1. The van der Waals surface area contributed by atoms with Crippen molar-refractivity contribution >= 4 is 5.69 Å². The van der Waals surface area contributed by atoms with Crippen molar-refractivity contribution in [1.29, 1.82) is 0 Å². The summed E-state index contributed by atoms with van der Waals surface area (Å²) in [6.07, 6.45) is 2.18. The zero-order chi connectivity index (χ0) is 13.4. The largest absolute Gasteiger partial charge is 0.369 e. The Bertz CT molecular complexity index is 341. The molecule has 0 heterocycles. The summed E-state index contributed by atoms with van der Waals surface area (Å²) in [4.78, 5) is 2.10. The van der Waals surface area contributed by atoms with Crippen LogP contribution in [0.25, 0.3) is 0 Å². The summed E-state index contributed by atoms with van der Waals surface area (Å²) < 4.78 is 13.7. The van der Waals surface area contributed by atoms with Crippen LogP contribution in [0.15, 0.2) is 24.3 Å². The first-order valence-corrected chi connectivity index (χ1v) is 6.91. The fourth-order valence-electron chi connectivity index (χ4n) is 2.00. The van der Waals surface area contributed by atoms with Crippen LogP contribution in [0.1, 0.15) is 33.6 Å². The first-order chi connectivity index (χ1) is 8.69. The Morgan fingerprint density at radius 2 is 2.00 bits per heavy atom. The van der Waals surface area contributed by atoms with Gasteiger partial charge in [0.2, 0.25) is 0 Å². The highest BCUT2D eigenvalue weighted by Crippen LogP contribution is 2.18. The summed E-state index contributed by atoms with van der Waals surface area (Å²) in [6, 6.07) is 7.48. The Labute approximate surface area is 110 Å². The van der Waals surface area contributed by atoms with Crippen LogP contribution in [0.4, 0.5) is 10.1 Å². The van der Waals surface area contributed by atoms with E-state index in [4.69, 9.17) is 0 Å². The molecule has 0 saturated heterocycles. The van der Waals surface area contributed by atoms with Gasteiger partial charge in [-0.2, -0.15) is 0 Å². The van der Waals surface area contributed by atoms with Crippen molar-refractivity contribution < 1.29 is 4.39 Å². The van der Waals surface area contributed by atoms with Gasteiger partial charge < -0.3 is 10.2 Å². The monoisotopic (exact) mass is 252 g/mol. The van der Waals surface area contributed by atoms with Gasteiger partial charge in [-0.1, -0.05) is 19.1 Å². The number of rotatable bonds is 8. The van der Waals surface area contributed by atoms with Gasteiger partial charge in [-0.25, -0.2) is 4.39 Å². The Hall–Kier alpha value is -1.09. The van der Waals surface area contributed by atoms with Gasteiger partial charge in [-0.3, -0.25) is 0 Å². The maximum absolute atomic E-state index is 13.7. The highest BCUT2D eigenvalue weighted by atomic mass is 19.1. The fourth-order valence-corrected chi connectivity index (χ4v) is 2.00. The average Bonchev–Trinajstić information content (AvgIpc) is 2.39. The van der Waals surface area contributed by atoms with E-state index in [9.17, 15) is 4.39 Å². The van der Waals surface area contributed by atoms with Gasteiger partial charge in [0, 0.05) is 19.1 Å². The van der Waals surface area contributed by atoms with Crippen molar-refractivity contribution in [2.24, 2.45) is 0 Å². The minimum atomic E-state index is -0.131. The van der Waals surface area contributed by atoms with E-state index in [0.29, 0.717) is 11.7 Å². The minimum absolute atomic E-state index is 0.131. The Kier molecular flexibility index (Phi) is 6.73. The molecule has 0 aromatic heterocycles. The number of halogens is 1. The highest BCUT2D eigenvalue weighted by Gasteiger charge is 2.10. The highest BCUT2D eigenvalue weighted by molar-refractivity contribution is 5.47. The lowest BCUT2D eigenvalue weighted by atomic mass is 10.2. The van der Waals surface area contributed by atoms with Gasteiger partial charge in [-0.05, 0) is 45.4 Å². The first kappa shape index (κ1) is 15.0. The quantitative estimate of drug-likeness (QED) is 0.762.